The molecule has 0 spiro atoms. The first-order valence-electron chi connectivity index (χ1n) is 8.58. The molecule has 5 heteroatoms. The van der Waals surface area contributed by atoms with E-state index in [0.717, 1.165) is 49.8 Å². The molecule has 0 atom stereocenters. The summed E-state index contributed by atoms with van der Waals surface area (Å²) in [6.07, 6.45) is 2.26. The van der Waals surface area contributed by atoms with Crippen molar-refractivity contribution in [2.45, 2.75) is 46.2 Å². The van der Waals surface area contributed by atoms with Crippen molar-refractivity contribution in [3.05, 3.63) is 53.0 Å². The maximum atomic E-state index is 12.4. The van der Waals surface area contributed by atoms with Gasteiger partial charge in [0.1, 0.15) is 11.6 Å². The fraction of sp³-hybridized carbons (Fsp3) is 0.421. The van der Waals surface area contributed by atoms with Gasteiger partial charge in [-0.3, -0.25) is 4.79 Å². The van der Waals surface area contributed by atoms with Gasteiger partial charge < -0.3 is 10.2 Å². The second kappa shape index (κ2) is 7.43. The molecule has 2 heterocycles. The number of anilines is 1. The Morgan fingerprint density at radius 3 is 2.58 bits per heavy atom. The van der Waals surface area contributed by atoms with Crippen LogP contribution in [0, 0.1) is 6.92 Å². The average molecular weight is 324 g/mol. The number of aryl methyl sites for hydroxylation is 2. The lowest BCUT2D eigenvalue weighted by Crippen LogP contribution is -2.25. The highest BCUT2D eigenvalue weighted by atomic mass is 16.2. The summed E-state index contributed by atoms with van der Waals surface area (Å²) in [6, 6.07) is 10.3. The molecule has 1 aromatic carbocycles. The number of benzene rings is 1. The Morgan fingerprint density at radius 1 is 1.21 bits per heavy atom. The first kappa shape index (κ1) is 16.4. The Bertz CT molecular complexity index is 704. The third kappa shape index (κ3) is 3.91. The first-order chi connectivity index (χ1) is 11.7. The summed E-state index contributed by atoms with van der Waals surface area (Å²) in [7, 11) is 0. The van der Waals surface area contributed by atoms with E-state index in [-0.39, 0.29) is 5.91 Å². The minimum atomic E-state index is 0.223. The van der Waals surface area contributed by atoms with Gasteiger partial charge >= 0.3 is 0 Å². The summed E-state index contributed by atoms with van der Waals surface area (Å²) in [5.74, 6) is 1.85. The molecule has 2 aromatic rings. The predicted octanol–water partition coefficient (Wildman–Crippen LogP) is 3.08. The van der Waals surface area contributed by atoms with Crippen molar-refractivity contribution in [2.75, 3.05) is 11.9 Å². The monoisotopic (exact) mass is 324 g/mol. The number of rotatable bonds is 6. The van der Waals surface area contributed by atoms with E-state index in [1.54, 1.807) is 0 Å². The third-order valence-corrected chi connectivity index (χ3v) is 4.32. The normalized spacial score (nSPS) is 13.0. The number of carbonyl (C=O) groups is 1. The number of amides is 1. The number of hydrogen-bond donors (Lipinski definition) is 1. The van der Waals surface area contributed by atoms with Gasteiger partial charge in [0.05, 0.1) is 0 Å². The van der Waals surface area contributed by atoms with Crippen molar-refractivity contribution < 1.29 is 4.79 Å². The minimum absolute atomic E-state index is 0.223. The predicted molar refractivity (Wildman–Crippen MR) is 94.6 cm³/mol. The van der Waals surface area contributed by atoms with Crippen molar-refractivity contribution in [1.29, 1.82) is 0 Å². The van der Waals surface area contributed by atoms with E-state index in [1.807, 2.05) is 30.0 Å². The second-order valence-electron chi connectivity index (χ2n) is 6.19. The average Bonchev–Trinajstić information content (AvgIpc) is 3.02. The Kier molecular flexibility index (Phi) is 5.08. The molecule has 3 rings (SSSR count). The van der Waals surface area contributed by atoms with Crippen LogP contribution in [0.3, 0.4) is 0 Å². The van der Waals surface area contributed by atoms with E-state index in [0.29, 0.717) is 6.42 Å². The molecule has 0 aliphatic carbocycles. The van der Waals surface area contributed by atoms with Crippen LogP contribution in [0.5, 0.6) is 0 Å². The van der Waals surface area contributed by atoms with Gasteiger partial charge in [0, 0.05) is 37.8 Å². The zero-order valence-corrected chi connectivity index (χ0v) is 14.4. The Balaban J connectivity index is 1.44. The SMILES string of the molecule is CCc1cc(NCCCC(=O)N2Cc3ccccc3C2)nc(C)n1. The molecule has 1 aromatic heterocycles. The zero-order chi connectivity index (χ0) is 16.9. The molecule has 1 aliphatic rings. The molecule has 0 radical (unpaired) electrons. The highest BCUT2D eigenvalue weighted by Gasteiger charge is 2.22. The fourth-order valence-corrected chi connectivity index (χ4v) is 3.02. The third-order valence-electron chi connectivity index (χ3n) is 4.32. The van der Waals surface area contributed by atoms with Crippen LogP contribution in [0.2, 0.25) is 0 Å². The van der Waals surface area contributed by atoms with Crippen molar-refractivity contribution in [3.63, 3.8) is 0 Å². The van der Waals surface area contributed by atoms with Crippen LogP contribution in [0.25, 0.3) is 0 Å². The van der Waals surface area contributed by atoms with Crippen LogP contribution in [-0.2, 0) is 24.3 Å². The number of aromatic nitrogens is 2. The van der Waals surface area contributed by atoms with Gasteiger partial charge in [-0.15, -0.1) is 0 Å². The van der Waals surface area contributed by atoms with Crippen LogP contribution in [0.15, 0.2) is 30.3 Å². The van der Waals surface area contributed by atoms with E-state index in [2.05, 4.69) is 34.3 Å². The Labute approximate surface area is 143 Å². The molecule has 5 nitrogen and oxygen atoms in total. The van der Waals surface area contributed by atoms with Crippen LogP contribution in [0.1, 0.15) is 42.4 Å². The van der Waals surface area contributed by atoms with E-state index in [1.165, 1.54) is 11.1 Å². The van der Waals surface area contributed by atoms with Gasteiger partial charge in [0.15, 0.2) is 0 Å². The number of carbonyl (C=O) groups excluding carboxylic acids is 1. The van der Waals surface area contributed by atoms with Crippen LogP contribution >= 0.6 is 0 Å². The number of nitrogens with zero attached hydrogens (tertiary/aromatic N) is 3. The van der Waals surface area contributed by atoms with Crippen molar-refractivity contribution in [1.82, 2.24) is 14.9 Å². The molecule has 0 unspecified atom stereocenters. The van der Waals surface area contributed by atoms with Gasteiger partial charge in [0.25, 0.3) is 0 Å². The Morgan fingerprint density at radius 2 is 1.92 bits per heavy atom. The topological polar surface area (TPSA) is 58.1 Å². The van der Waals surface area contributed by atoms with Crippen LogP contribution in [0.4, 0.5) is 5.82 Å². The summed E-state index contributed by atoms with van der Waals surface area (Å²) >= 11 is 0. The number of hydrogen-bond acceptors (Lipinski definition) is 4. The summed E-state index contributed by atoms with van der Waals surface area (Å²) in [6.45, 7) is 6.21. The molecule has 0 fully saturated rings. The van der Waals surface area contributed by atoms with Gasteiger partial charge in [-0.2, -0.15) is 0 Å². The molecular weight excluding hydrogens is 300 g/mol. The molecule has 24 heavy (non-hydrogen) atoms. The maximum Gasteiger partial charge on any atom is 0.223 e. The van der Waals surface area contributed by atoms with Gasteiger partial charge in [-0.05, 0) is 30.9 Å². The van der Waals surface area contributed by atoms with Crippen molar-refractivity contribution in [3.8, 4) is 0 Å². The lowest BCUT2D eigenvalue weighted by atomic mass is 10.1. The smallest absolute Gasteiger partial charge is 0.223 e. The summed E-state index contributed by atoms with van der Waals surface area (Å²) in [4.78, 5) is 23.0. The van der Waals surface area contributed by atoms with E-state index in [9.17, 15) is 4.79 Å². The molecule has 126 valence electrons. The highest BCUT2D eigenvalue weighted by Crippen LogP contribution is 2.22. The van der Waals surface area contributed by atoms with E-state index < -0.39 is 0 Å². The molecule has 0 saturated carbocycles. The maximum absolute atomic E-state index is 12.4. The summed E-state index contributed by atoms with van der Waals surface area (Å²) in [5, 5.41) is 3.30. The van der Waals surface area contributed by atoms with Crippen LogP contribution < -0.4 is 5.32 Å². The fourth-order valence-electron chi connectivity index (χ4n) is 3.02. The van der Waals surface area contributed by atoms with E-state index >= 15 is 0 Å². The molecular formula is C19H24N4O. The quantitative estimate of drug-likeness (QED) is 0.830. The van der Waals surface area contributed by atoms with Gasteiger partial charge in [-0.25, -0.2) is 9.97 Å². The Hall–Kier alpha value is -2.43. The molecule has 0 saturated heterocycles. The standard InChI is InChI=1S/C19H24N4O/c1-3-17-11-18(22-14(2)21-17)20-10-6-9-19(24)23-12-15-7-4-5-8-16(15)13-23/h4-5,7-8,11H,3,6,9-10,12-13H2,1-2H3,(H,20,21,22). The summed E-state index contributed by atoms with van der Waals surface area (Å²) < 4.78 is 0. The molecule has 1 N–H and O–H groups in total. The number of fused-ring (bicyclic) bond motifs is 1. The molecule has 1 amide bonds. The zero-order valence-electron chi connectivity index (χ0n) is 14.4. The van der Waals surface area contributed by atoms with Gasteiger partial charge in [0.2, 0.25) is 5.91 Å². The lowest BCUT2D eigenvalue weighted by molar-refractivity contribution is -0.131. The first-order valence-corrected chi connectivity index (χ1v) is 8.58. The second-order valence-corrected chi connectivity index (χ2v) is 6.19. The highest BCUT2D eigenvalue weighted by molar-refractivity contribution is 5.77. The van der Waals surface area contributed by atoms with Crippen molar-refractivity contribution in [2.24, 2.45) is 0 Å². The lowest BCUT2D eigenvalue weighted by Gasteiger charge is -2.15. The van der Waals surface area contributed by atoms with Crippen molar-refractivity contribution >= 4 is 11.7 Å². The summed E-state index contributed by atoms with van der Waals surface area (Å²) in [5.41, 5.74) is 3.58. The number of nitrogens with one attached hydrogen (secondary N) is 1. The minimum Gasteiger partial charge on any atom is -0.370 e. The molecule has 1 aliphatic heterocycles. The van der Waals surface area contributed by atoms with Crippen LogP contribution in [-0.4, -0.2) is 27.3 Å². The molecule has 0 bridgehead atoms. The largest absolute Gasteiger partial charge is 0.370 e. The van der Waals surface area contributed by atoms with E-state index in [4.69, 9.17) is 0 Å². The van der Waals surface area contributed by atoms with Gasteiger partial charge in [-0.1, -0.05) is 31.2 Å².